The second-order valence-corrected chi connectivity index (χ2v) is 16.1. The van der Waals surface area contributed by atoms with Gasteiger partial charge in [-0.3, -0.25) is 14.7 Å². The van der Waals surface area contributed by atoms with Gasteiger partial charge in [-0.1, -0.05) is 41.4 Å². The van der Waals surface area contributed by atoms with Crippen molar-refractivity contribution in [1.29, 1.82) is 0 Å². The van der Waals surface area contributed by atoms with Gasteiger partial charge in [0.25, 0.3) is 11.8 Å². The van der Waals surface area contributed by atoms with Gasteiger partial charge in [-0.05, 0) is 49.2 Å². The van der Waals surface area contributed by atoms with Gasteiger partial charge in [-0.25, -0.2) is 14.0 Å². The summed E-state index contributed by atoms with van der Waals surface area (Å²) in [6.45, 7) is -0.966. The number of aromatic nitrogens is 10. The maximum Gasteiger partial charge on any atom is 0.405 e. The Hall–Kier alpha value is -6.97. The lowest BCUT2D eigenvalue weighted by atomic mass is 9.94. The van der Waals surface area contributed by atoms with Crippen LogP contribution in [0.3, 0.4) is 0 Å². The molecule has 5 heterocycles. The van der Waals surface area contributed by atoms with Gasteiger partial charge in [0.05, 0.1) is 63.6 Å². The average molecular weight is 932 g/mol. The molecule has 1 fully saturated rings. The monoisotopic (exact) mass is 930 g/mol. The smallest absolute Gasteiger partial charge is 0.405 e. The Kier molecular flexibility index (Phi) is 11.5. The SMILES string of the molecule is COc1cc(-c2nc(Nc3ccc4c(cnn4C4CCCN4C(=O)C4=CC=C(c5nc(Nc6ccc7[nH]ncc7c6Cl)n(C)n5)CC4OC)c3Cl)n(C)n2)ccc1C(=O)NCC(F)(F)F. The summed E-state index contributed by atoms with van der Waals surface area (Å²) in [6.07, 6.45) is 3.24. The van der Waals surface area contributed by atoms with Crippen molar-refractivity contribution in [2.45, 2.75) is 37.7 Å². The number of aromatic amines is 1. The lowest BCUT2D eigenvalue weighted by Crippen LogP contribution is -2.38. The lowest BCUT2D eigenvalue weighted by Gasteiger charge is -2.30. The van der Waals surface area contributed by atoms with Crippen LogP contribution >= 0.6 is 23.2 Å². The number of nitrogens with one attached hydrogen (secondary N) is 4. The van der Waals surface area contributed by atoms with Crippen LogP contribution in [0.25, 0.3) is 38.8 Å². The first-order valence-corrected chi connectivity index (χ1v) is 20.9. The Morgan fingerprint density at radius 1 is 0.908 bits per heavy atom. The molecule has 1 aliphatic carbocycles. The fourth-order valence-corrected chi connectivity index (χ4v) is 8.46. The molecule has 0 saturated carbocycles. The lowest BCUT2D eigenvalue weighted by molar-refractivity contribution is -0.131. The Bertz CT molecular complexity index is 3060. The molecular weight excluding hydrogens is 892 g/mol. The van der Waals surface area contributed by atoms with E-state index >= 15 is 0 Å². The van der Waals surface area contributed by atoms with E-state index in [2.05, 4.69) is 36.0 Å². The molecule has 65 heavy (non-hydrogen) atoms. The predicted octanol–water partition coefficient (Wildman–Crippen LogP) is 7.48. The van der Waals surface area contributed by atoms with E-state index in [9.17, 15) is 22.8 Å². The number of methoxy groups -OCH3 is 2. The first-order valence-electron chi connectivity index (χ1n) is 20.1. The molecule has 1 aliphatic heterocycles. The van der Waals surface area contributed by atoms with Crippen LogP contribution in [0.1, 0.15) is 41.6 Å². The number of aryl methyl sites for hydroxylation is 2. The molecule has 336 valence electrons. The molecule has 2 atom stereocenters. The molecule has 0 radical (unpaired) electrons. The van der Waals surface area contributed by atoms with Crippen molar-refractivity contribution in [2.24, 2.45) is 14.1 Å². The van der Waals surface area contributed by atoms with Gasteiger partial charge < -0.3 is 30.3 Å². The topological polar surface area (TPSA) is 200 Å². The van der Waals surface area contributed by atoms with Crippen molar-refractivity contribution in [3.05, 3.63) is 94.0 Å². The number of fused-ring (bicyclic) bond motifs is 2. The number of nitrogens with zero attached hydrogens (tertiary/aromatic N) is 10. The molecule has 3 aromatic carbocycles. The minimum absolute atomic E-state index is 0.0471. The van der Waals surface area contributed by atoms with Crippen LogP contribution in [0.5, 0.6) is 5.75 Å². The summed E-state index contributed by atoms with van der Waals surface area (Å²) in [5.41, 5.74) is 4.37. The van der Waals surface area contributed by atoms with Crippen LogP contribution in [-0.4, -0.2) is 106 Å². The van der Waals surface area contributed by atoms with E-state index in [-0.39, 0.29) is 23.0 Å². The molecule has 0 bridgehead atoms. The summed E-state index contributed by atoms with van der Waals surface area (Å²) in [5.74, 6) is 0.479. The molecule has 9 rings (SSSR count). The maximum atomic E-state index is 14.4. The highest BCUT2D eigenvalue weighted by Gasteiger charge is 2.37. The van der Waals surface area contributed by atoms with Gasteiger partial charge in [-0.15, -0.1) is 10.2 Å². The number of ether oxygens (including phenoxy) is 2. The predicted molar refractivity (Wildman–Crippen MR) is 236 cm³/mol. The average Bonchev–Trinajstić information content (AvgIpc) is 4.16. The number of hydrogen-bond donors (Lipinski definition) is 4. The van der Waals surface area contributed by atoms with Crippen LogP contribution < -0.4 is 20.7 Å². The first kappa shape index (κ1) is 43.3. The van der Waals surface area contributed by atoms with Crippen LogP contribution in [0.4, 0.5) is 36.4 Å². The van der Waals surface area contributed by atoms with Crippen molar-refractivity contribution in [2.75, 3.05) is 37.9 Å². The summed E-state index contributed by atoms with van der Waals surface area (Å²) in [6, 6.07) is 11.7. The van der Waals surface area contributed by atoms with Gasteiger partial charge >= 0.3 is 6.18 Å². The van der Waals surface area contributed by atoms with E-state index in [1.165, 1.54) is 30.0 Å². The Labute approximate surface area is 377 Å². The number of H-pyrrole nitrogens is 1. The van der Waals surface area contributed by atoms with Crippen LogP contribution in [0, 0.1) is 0 Å². The zero-order valence-corrected chi connectivity index (χ0v) is 36.5. The zero-order valence-electron chi connectivity index (χ0n) is 35.0. The molecular formula is C42H39Cl2F3N14O4. The second kappa shape index (κ2) is 17.2. The molecule has 23 heteroatoms. The molecule has 4 N–H and O–H groups in total. The number of benzene rings is 3. The molecule has 1 saturated heterocycles. The number of likely N-dealkylation sites (tertiary alicyclic amines) is 1. The Balaban J connectivity index is 0.907. The Morgan fingerprint density at radius 2 is 1.62 bits per heavy atom. The van der Waals surface area contributed by atoms with Crippen LogP contribution in [0.2, 0.25) is 10.0 Å². The molecule has 0 spiro atoms. The highest BCUT2D eigenvalue weighted by Crippen LogP contribution is 2.39. The van der Waals surface area contributed by atoms with Gasteiger partial charge in [0.1, 0.15) is 18.5 Å². The number of carbonyl (C=O) groups is 2. The summed E-state index contributed by atoms with van der Waals surface area (Å²) >= 11 is 13.6. The minimum Gasteiger partial charge on any atom is -0.496 e. The second-order valence-electron chi connectivity index (χ2n) is 15.3. The number of anilines is 4. The summed E-state index contributed by atoms with van der Waals surface area (Å²) in [5, 5.41) is 31.4. The third kappa shape index (κ3) is 8.33. The van der Waals surface area contributed by atoms with E-state index in [4.69, 9.17) is 42.8 Å². The number of rotatable bonds is 12. The number of alkyl halides is 3. The number of carbonyl (C=O) groups excluding carboxylic acids is 2. The highest BCUT2D eigenvalue weighted by molar-refractivity contribution is 6.38. The number of halogens is 5. The van der Waals surface area contributed by atoms with Gasteiger partial charge in [-0.2, -0.15) is 33.3 Å². The van der Waals surface area contributed by atoms with E-state index < -0.39 is 30.9 Å². The van der Waals surface area contributed by atoms with Crippen molar-refractivity contribution in [3.8, 4) is 17.1 Å². The first-order chi connectivity index (χ1) is 31.2. The van der Waals surface area contributed by atoms with Crippen LogP contribution in [0.15, 0.2) is 72.6 Å². The van der Waals surface area contributed by atoms with Gasteiger partial charge in [0.15, 0.2) is 11.6 Å². The van der Waals surface area contributed by atoms with Crippen molar-refractivity contribution < 1.29 is 32.2 Å². The van der Waals surface area contributed by atoms with Crippen molar-refractivity contribution in [3.63, 3.8) is 0 Å². The summed E-state index contributed by atoms with van der Waals surface area (Å²) in [7, 11) is 6.33. The number of hydrogen-bond acceptors (Lipinski definition) is 12. The zero-order chi connectivity index (χ0) is 45.7. The minimum atomic E-state index is -4.57. The van der Waals surface area contributed by atoms with E-state index in [1.54, 1.807) is 50.4 Å². The van der Waals surface area contributed by atoms with Gasteiger partial charge in [0, 0.05) is 61.7 Å². The fraction of sp³-hybridized carbons (Fsp3) is 0.286. The van der Waals surface area contributed by atoms with E-state index in [0.717, 1.165) is 28.4 Å². The number of amides is 2. The standard InChI is InChI=1S/C42H39Cl2F3N14O4/c1-58-40(51-28-12-11-27-25(34(28)43)18-49-55-27)54-37(57-58)22-8-10-24(32(17-22)65-4)39(63)60-15-5-6-33(60)61-30-14-13-29(35(44)26(30)19-50-61)52-41-53-36(56-59(41)2)21-7-9-23(31(16-21)64-3)38(62)48-20-42(45,46)47/h7-14,16,18-19,32-33H,5-6,15,17,20H2,1-4H3,(H,48,62)(H,49,55)(H,51,54,57)(H,52,53,56). The molecule has 7 aromatic rings. The van der Waals surface area contributed by atoms with E-state index in [0.29, 0.717) is 75.1 Å². The molecule has 2 amide bonds. The largest absolute Gasteiger partial charge is 0.496 e. The Morgan fingerprint density at radius 3 is 2.34 bits per heavy atom. The quantitative estimate of drug-likeness (QED) is 0.0944. The summed E-state index contributed by atoms with van der Waals surface area (Å²) in [4.78, 5) is 37.9. The van der Waals surface area contributed by atoms with Gasteiger partial charge in [0.2, 0.25) is 11.9 Å². The normalized spacial score (nSPS) is 16.5. The third-order valence-electron chi connectivity index (χ3n) is 11.2. The number of allylic oxidation sites excluding steroid dienone is 2. The third-order valence-corrected chi connectivity index (χ3v) is 12.1. The summed E-state index contributed by atoms with van der Waals surface area (Å²) < 4.78 is 54.2. The molecule has 18 nitrogen and oxygen atoms in total. The molecule has 2 unspecified atom stereocenters. The highest BCUT2D eigenvalue weighted by atomic mass is 35.5. The molecule has 2 aliphatic rings. The fourth-order valence-electron chi connectivity index (χ4n) is 7.95. The van der Waals surface area contributed by atoms with Crippen molar-refractivity contribution >= 4 is 85.7 Å². The van der Waals surface area contributed by atoms with E-state index in [1.807, 2.05) is 39.2 Å². The van der Waals surface area contributed by atoms with Crippen LogP contribution in [-0.2, 0) is 23.6 Å². The molecule has 4 aromatic heterocycles. The maximum absolute atomic E-state index is 14.4. The van der Waals surface area contributed by atoms with Crippen molar-refractivity contribution in [1.82, 2.24) is 59.7 Å².